The Morgan fingerprint density at radius 1 is 1.19 bits per heavy atom. The highest BCUT2D eigenvalue weighted by Crippen LogP contribution is 2.09. The Balaban J connectivity index is 0. The third-order valence-corrected chi connectivity index (χ3v) is 1.80. The van der Waals surface area contributed by atoms with Gasteiger partial charge in [0.05, 0.1) is 21.1 Å². The molecule has 1 aromatic carbocycles. The monoisotopic (exact) mass is 266 g/mol. The maximum atomic E-state index is 11.6. The predicted molar refractivity (Wildman–Crippen MR) is 60.6 cm³/mol. The van der Waals surface area contributed by atoms with Crippen LogP contribution in [0.25, 0.3) is 0 Å². The van der Waals surface area contributed by atoms with Crippen LogP contribution >= 0.6 is 11.6 Å². The van der Waals surface area contributed by atoms with Crippen molar-refractivity contribution in [2.24, 2.45) is 0 Å². The molecule has 0 aliphatic carbocycles. The topological polar surface area (TPSA) is 60.6 Å². The van der Waals surface area contributed by atoms with Gasteiger partial charge in [-0.3, -0.25) is 4.79 Å². The molecule has 16 heavy (non-hydrogen) atoms. The van der Waals surface area contributed by atoms with E-state index in [0.29, 0.717) is 15.2 Å². The van der Waals surface area contributed by atoms with E-state index in [1.807, 2.05) is 21.1 Å². The number of hydrogen-bond donors (Lipinski definition) is 1. The smallest absolute Gasteiger partial charge is 0.295 e. The number of halogens is 2. The lowest BCUT2D eigenvalue weighted by molar-refractivity contribution is -0.905. The van der Waals surface area contributed by atoms with E-state index in [1.165, 1.54) is 0 Å². The number of nitrogens with one attached hydrogen (secondary N) is 1. The second kappa shape index (κ2) is 6.70. The lowest BCUT2D eigenvalue weighted by Gasteiger charge is -2.23. The average Bonchev–Trinajstić information content (AvgIpc) is 2.02. The third kappa shape index (κ3) is 5.92. The van der Waals surface area contributed by atoms with Gasteiger partial charge in [0, 0.05) is 10.6 Å². The fourth-order valence-electron chi connectivity index (χ4n) is 0.970. The molecule has 0 radical (unpaired) electrons. The molecule has 0 saturated carbocycles. The van der Waals surface area contributed by atoms with E-state index in [0.717, 1.165) is 0 Å². The van der Waals surface area contributed by atoms with Crippen LogP contribution in [0.1, 0.15) is 10.4 Å². The summed E-state index contributed by atoms with van der Waals surface area (Å²) in [6.07, 6.45) is 0. The molecule has 0 bridgehead atoms. The normalized spacial score (nSPS) is 9.75. The Hall–Kier alpha value is -0.810. The molecular formula is C10H16Cl2N2O2. The van der Waals surface area contributed by atoms with Gasteiger partial charge in [0.1, 0.15) is 0 Å². The van der Waals surface area contributed by atoms with Crippen LogP contribution < -0.4 is 17.8 Å². The summed E-state index contributed by atoms with van der Waals surface area (Å²) in [5, 5.41) is 0.631. The van der Waals surface area contributed by atoms with E-state index in [-0.39, 0.29) is 23.8 Å². The van der Waals surface area contributed by atoms with Crippen LogP contribution in [-0.4, -0.2) is 37.1 Å². The van der Waals surface area contributed by atoms with Crippen LogP contribution in [0.15, 0.2) is 24.3 Å². The van der Waals surface area contributed by atoms with Gasteiger partial charge in [-0.05, 0) is 24.3 Å². The summed E-state index contributed by atoms with van der Waals surface area (Å²) in [6.45, 7) is 0. The minimum atomic E-state index is -0.103. The van der Waals surface area contributed by atoms with Crippen LogP contribution in [0, 0.1) is 0 Å². The first kappa shape index (κ1) is 17.6. The quantitative estimate of drug-likeness (QED) is 0.483. The van der Waals surface area contributed by atoms with Crippen molar-refractivity contribution in [3.63, 3.8) is 0 Å². The number of carbonyl (C=O) groups excluding carboxylic acids is 1. The Morgan fingerprint density at radius 2 is 1.62 bits per heavy atom. The van der Waals surface area contributed by atoms with Gasteiger partial charge in [-0.15, -0.1) is 0 Å². The zero-order valence-corrected chi connectivity index (χ0v) is 10.9. The van der Waals surface area contributed by atoms with Crippen LogP contribution in [0.5, 0.6) is 0 Å². The summed E-state index contributed by atoms with van der Waals surface area (Å²) in [5.74, 6) is -0.103. The number of nitrogens with zero attached hydrogens (tertiary/aromatic N) is 1. The van der Waals surface area contributed by atoms with Crippen molar-refractivity contribution < 1.29 is 27.3 Å². The van der Waals surface area contributed by atoms with Gasteiger partial charge in [-0.2, -0.15) is 5.43 Å². The van der Waals surface area contributed by atoms with E-state index >= 15 is 0 Å². The summed E-state index contributed by atoms with van der Waals surface area (Å²) in [7, 11) is 5.65. The highest BCUT2D eigenvalue weighted by Gasteiger charge is 2.13. The van der Waals surface area contributed by atoms with Crippen molar-refractivity contribution in [2.75, 3.05) is 21.1 Å². The molecule has 0 spiro atoms. The highest BCUT2D eigenvalue weighted by atomic mass is 35.5. The van der Waals surface area contributed by atoms with Crippen LogP contribution in [-0.2, 0) is 0 Å². The standard InChI is InChI=1S/C10H13ClN2O.ClH.H2O/c1-13(2,3)12-10(14)8-4-6-9(11)7-5-8;;/h4-7H,1-3H3;1H;1H2. The first-order chi connectivity index (χ1) is 6.38. The molecule has 0 fully saturated rings. The van der Waals surface area contributed by atoms with E-state index in [9.17, 15) is 4.79 Å². The Morgan fingerprint density at radius 3 is 2.00 bits per heavy atom. The fourth-order valence-corrected chi connectivity index (χ4v) is 1.10. The van der Waals surface area contributed by atoms with Crippen molar-refractivity contribution in [3.8, 4) is 0 Å². The largest absolute Gasteiger partial charge is 1.00 e. The molecule has 0 heterocycles. The molecule has 1 aromatic rings. The van der Waals surface area contributed by atoms with Gasteiger partial charge in [-0.1, -0.05) is 11.6 Å². The molecule has 1 amide bonds. The number of quaternary nitrogens is 1. The van der Waals surface area contributed by atoms with Crippen LogP contribution in [0.4, 0.5) is 0 Å². The Labute approximate surface area is 106 Å². The summed E-state index contributed by atoms with van der Waals surface area (Å²) >= 11 is 5.71. The van der Waals surface area contributed by atoms with Gasteiger partial charge in [-0.25, -0.2) is 4.59 Å². The molecule has 1 rings (SSSR count). The number of rotatable bonds is 2. The second-order valence-electron chi connectivity index (χ2n) is 3.96. The molecule has 92 valence electrons. The molecule has 4 nitrogen and oxygen atoms in total. The molecule has 0 saturated heterocycles. The molecule has 0 aliphatic rings. The number of hydrogen-bond acceptors (Lipinski definition) is 1. The van der Waals surface area contributed by atoms with Gasteiger partial charge in [0.15, 0.2) is 0 Å². The van der Waals surface area contributed by atoms with E-state index in [4.69, 9.17) is 11.6 Å². The lowest BCUT2D eigenvalue weighted by Crippen LogP contribution is -3.00. The summed E-state index contributed by atoms with van der Waals surface area (Å²) in [6, 6.07) is 6.80. The number of carbonyl (C=O) groups is 1. The van der Waals surface area contributed by atoms with Gasteiger partial charge in [0.25, 0.3) is 5.91 Å². The van der Waals surface area contributed by atoms with Crippen molar-refractivity contribution in [1.29, 1.82) is 0 Å². The molecule has 0 atom stereocenters. The zero-order chi connectivity index (χ0) is 10.8. The van der Waals surface area contributed by atoms with Gasteiger partial charge in [0.2, 0.25) is 0 Å². The third-order valence-electron chi connectivity index (χ3n) is 1.54. The average molecular weight is 267 g/mol. The maximum absolute atomic E-state index is 11.6. The second-order valence-corrected chi connectivity index (χ2v) is 4.40. The zero-order valence-electron chi connectivity index (χ0n) is 9.42. The molecular weight excluding hydrogens is 251 g/mol. The first-order valence-corrected chi connectivity index (χ1v) is 4.66. The van der Waals surface area contributed by atoms with Crippen molar-refractivity contribution in [2.45, 2.75) is 0 Å². The van der Waals surface area contributed by atoms with Crippen LogP contribution in [0.2, 0.25) is 5.02 Å². The van der Waals surface area contributed by atoms with Gasteiger partial charge >= 0.3 is 0 Å². The molecule has 6 heteroatoms. The highest BCUT2D eigenvalue weighted by molar-refractivity contribution is 6.30. The van der Waals surface area contributed by atoms with E-state index in [2.05, 4.69) is 5.43 Å². The van der Waals surface area contributed by atoms with Crippen molar-refractivity contribution >= 4 is 17.5 Å². The minimum absolute atomic E-state index is 0. The Kier molecular flexibility index (Phi) is 7.37. The SMILES string of the molecule is C[N+](C)(C)NC(=O)c1ccc(Cl)cc1.O.[Cl-]. The molecule has 0 aromatic heterocycles. The lowest BCUT2D eigenvalue weighted by atomic mass is 10.2. The maximum Gasteiger partial charge on any atom is 0.295 e. The van der Waals surface area contributed by atoms with Crippen molar-refractivity contribution in [1.82, 2.24) is 5.43 Å². The van der Waals surface area contributed by atoms with Crippen molar-refractivity contribution in [3.05, 3.63) is 34.9 Å². The summed E-state index contributed by atoms with van der Waals surface area (Å²) in [5.41, 5.74) is 3.42. The summed E-state index contributed by atoms with van der Waals surface area (Å²) in [4.78, 5) is 11.6. The minimum Gasteiger partial charge on any atom is -1.00 e. The Bertz CT molecular complexity index is 334. The fraction of sp³-hybridized carbons (Fsp3) is 0.300. The van der Waals surface area contributed by atoms with Crippen LogP contribution in [0.3, 0.4) is 0 Å². The number of benzene rings is 1. The number of amides is 1. The predicted octanol–water partition coefficient (Wildman–Crippen LogP) is -2.13. The molecule has 0 unspecified atom stereocenters. The summed E-state index contributed by atoms with van der Waals surface area (Å²) < 4.78 is 0.390. The van der Waals surface area contributed by atoms with E-state index in [1.54, 1.807) is 24.3 Å². The first-order valence-electron chi connectivity index (χ1n) is 4.28. The van der Waals surface area contributed by atoms with Gasteiger partial charge < -0.3 is 17.9 Å². The van der Waals surface area contributed by atoms with E-state index < -0.39 is 0 Å². The molecule has 0 aliphatic heterocycles. The molecule has 3 N–H and O–H groups in total.